The van der Waals surface area contributed by atoms with Crippen molar-refractivity contribution in [3.8, 4) is 0 Å². The summed E-state index contributed by atoms with van der Waals surface area (Å²) in [7, 11) is 1.78. The van der Waals surface area contributed by atoms with Crippen LogP contribution in [0, 0.1) is 5.92 Å². The molecule has 0 aliphatic carbocycles. The fourth-order valence-electron chi connectivity index (χ4n) is 2.59. The Labute approximate surface area is 124 Å². The van der Waals surface area contributed by atoms with Crippen molar-refractivity contribution in [2.24, 2.45) is 13.0 Å². The van der Waals surface area contributed by atoms with Crippen molar-refractivity contribution < 1.29 is 9.59 Å². The van der Waals surface area contributed by atoms with Gasteiger partial charge in [-0.3, -0.25) is 14.3 Å². The Balaban J connectivity index is 2.26. The molecule has 0 bridgehead atoms. The van der Waals surface area contributed by atoms with Crippen molar-refractivity contribution in [3.63, 3.8) is 0 Å². The number of hydrogen-bond donors (Lipinski definition) is 1. The van der Waals surface area contributed by atoms with Crippen LogP contribution in [-0.4, -0.2) is 43.6 Å². The average molecular weight is 293 g/mol. The minimum atomic E-state index is -0.436. The highest BCUT2D eigenvalue weighted by Crippen LogP contribution is 2.20. The molecule has 1 aromatic heterocycles. The van der Waals surface area contributed by atoms with Gasteiger partial charge in [0.25, 0.3) is 0 Å². The molecular formula is C14H23N5O2. The van der Waals surface area contributed by atoms with Gasteiger partial charge in [0.05, 0.1) is 6.54 Å². The highest BCUT2D eigenvalue weighted by molar-refractivity contribution is 5.96. The first-order chi connectivity index (χ1) is 9.93. The summed E-state index contributed by atoms with van der Waals surface area (Å²) in [5.74, 6) is 0.901. The van der Waals surface area contributed by atoms with Crippen molar-refractivity contribution in [1.29, 1.82) is 0 Å². The Kier molecular flexibility index (Phi) is 4.59. The van der Waals surface area contributed by atoms with Crippen LogP contribution in [0.4, 0.5) is 0 Å². The third kappa shape index (κ3) is 3.22. The van der Waals surface area contributed by atoms with Gasteiger partial charge in [0, 0.05) is 7.05 Å². The molecule has 1 fully saturated rings. The summed E-state index contributed by atoms with van der Waals surface area (Å²) >= 11 is 0. The number of hydrogen-bond acceptors (Lipinski definition) is 4. The van der Waals surface area contributed by atoms with E-state index in [0.717, 1.165) is 0 Å². The van der Waals surface area contributed by atoms with Crippen molar-refractivity contribution in [1.82, 2.24) is 25.0 Å². The molecule has 21 heavy (non-hydrogen) atoms. The molecule has 1 saturated heterocycles. The number of aromatic nitrogens is 3. The van der Waals surface area contributed by atoms with Crippen LogP contribution in [-0.2, 0) is 23.2 Å². The smallest absolute Gasteiger partial charge is 0.246 e. The van der Waals surface area contributed by atoms with E-state index in [-0.39, 0.29) is 11.8 Å². The minimum absolute atomic E-state index is 0.0363. The first kappa shape index (κ1) is 15.5. The summed E-state index contributed by atoms with van der Waals surface area (Å²) in [6.07, 6.45) is 2.69. The third-order valence-electron chi connectivity index (χ3n) is 3.80. The molecule has 0 radical (unpaired) electrons. The molecule has 1 aliphatic heterocycles. The maximum absolute atomic E-state index is 12.6. The lowest BCUT2D eigenvalue weighted by Crippen LogP contribution is -2.63. The lowest BCUT2D eigenvalue weighted by molar-refractivity contribution is -0.151. The zero-order valence-electron chi connectivity index (χ0n) is 13.0. The van der Waals surface area contributed by atoms with E-state index < -0.39 is 12.1 Å². The van der Waals surface area contributed by atoms with Crippen molar-refractivity contribution in [2.45, 2.75) is 52.2 Å². The van der Waals surface area contributed by atoms with Crippen molar-refractivity contribution >= 4 is 11.8 Å². The zero-order chi connectivity index (χ0) is 15.6. The van der Waals surface area contributed by atoms with E-state index in [1.54, 1.807) is 16.6 Å². The van der Waals surface area contributed by atoms with Gasteiger partial charge < -0.3 is 10.2 Å². The molecule has 2 amide bonds. The Bertz CT molecular complexity index is 525. The third-order valence-corrected chi connectivity index (χ3v) is 3.80. The average Bonchev–Trinajstić information content (AvgIpc) is 2.82. The van der Waals surface area contributed by atoms with E-state index in [9.17, 15) is 9.59 Å². The van der Waals surface area contributed by atoms with Gasteiger partial charge in [-0.15, -0.1) is 0 Å². The number of rotatable bonds is 5. The van der Waals surface area contributed by atoms with Crippen LogP contribution in [0.3, 0.4) is 0 Å². The van der Waals surface area contributed by atoms with Gasteiger partial charge in [-0.2, -0.15) is 5.10 Å². The van der Waals surface area contributed by atoms with E-state index in [0.29, 0.717) is 31.1 Å². The second-order valence-corrected chi connectivity index (χ2v) is 5.88. The van der Waals surface area contributed by atoms with Crippen molar-refractivity contribution in [3.05, 3.63) is 12.2 Å². The standard InChI is InChI=1S/C14H23N5O2/c1-5-10-14(21)19(7-12-15-8-16-18(12)4)11(6-9(2)3)13(20)17-10/h8-11H,5-7H2,1-4H3,(H,17,20). The molecule has 0 aromatic carbocycles. The molecule has 2 rings (SSSR count). The van der Waals surface area contributed by atoms with Gasteiger partial charge in [-0.25, -0.2) is 4.98 Å². The molecule has 116 valence electrons. The van der Waals surface area contributed by atoms with Crippen LogP contribution in [0.1, 0.15) is 39.4 Å². The molecule has 0 spiro atoms. The zero-order valence-corrected chi connectivity index (χ0v) is 13.0. The van der Waals surface area contributed by atoms with Crippen LogP contribution in [0.5, 0.6) is 0 Å². The molecule has 2 heterocycles. The molecule has 2 unspecified atom stereocenters. The summed E-state index contributed by atoms with van der Waals surface area (Å²) in [6, 6.07) is -0.869. The molecular weight excluding hydrogens is 270 g/mol. The van der Waals surface area contributed by atoms with Crippen LogP contribution in [0.2, 0.25) is 0 Å². The molecule has 2 atom stereocenters. The topological polar surface area (TPSA) is 80.1 Å². The molecule has 7 nitrogen and oxygen atoms in total. The molecule has 7 heteroatoms. The SMILES string of the molecule is CCC1NC(=O)C(CC(C)C)N(Cc2ncnn2C)C1=O. The molecule has 0 saturated carbocycles. The number of amides is 2. The van der Waals surface area contributed by atoms with Gasteiger partial charge >= 0.3 is 0 Å². The van der Waals surface area contributed by atoms with Crippen molar-refractivity contribution in [2.75, 3.05) is 0 Å². The van der Waals surface area contributed by atoms with E-state index in [4.69, 9.17) is 0 Å². The lowest BCUT2D eigenvalue weighted by Gasteiger charge is -2.39. The number of carbonyl (C=O) groups excluding carboxylic acids is 2. The van der Waals surface area contributed by atoms with Crippen LogP contribution in [0.25, 0.3) is 0 Å². The quantitative estimate of drug-likeness (QED) is 0.855. The number of carbonyl (C=O) groups is 2. The molecule has 1 N–H and O–H groups in total. The second-order valence-electron chi connectivity index (χ2n) is 5.88. The maximum Gasteiger partial charge on any atom is 0.246 e. The Morgan fingerprint density at radius 1 is 1.38 bits per heavy atom. The highest BCUT2D eigenvalue weighted by atomic mass is 16.2. The summed E-state index contributed by atoms with van der Waals surface area (Å²) in [5.41, 5.74) is 0. The normalized spacial score (nSPS) is 22.8. The lowest BCUT2D eigenvalue weighted by atomic mass is 9.97. The highest BCUT2D eigenvalue weighted by Gasteiger charge is 2.40. The van der Waals surface area contributed by atoms with Gasteiger partial charge in [0.1, 0.15) is 24.2 Å². The number of nitrogens with zero attached hydrogens (tertiary/aromatic N) is 4. The van der Waals surface area contributed by atoms with Crippen LogP contribution < -0.4 is 5.32 Å². The summed E-state index contributed by atoms with van der Waals surface area (Å²) < 4.78 is 1.63. The fraction of sp³-hybridized carbons (Fsp3) is 0.714. The summed E-state index contributed by atoms with van der Waals surface area (Å²) in [4.78, 5) is 30.7. The number of piperazine rings is 1. The predicted octanol–water partition coefficient (Wildman–Crippen LogP) is 0.467. The van der Waals surface area contributed by atoms with E-state index in [2.05, 4.69) is 15.4 Å². The Morgan fingerprint density at radius 2 is 2.10 bits per heavy atom. The Hall–Kier alpha value is -1.92. The van der Waals surface area contributed by atoms with Crippen LogP contribution in [0.15, 0.2) is 6.33 Å². The first-order valence-electron chi connectivity index (χ1n) is 7.37. The van der Waals surface area contributed by atoms with E-state index >= 15 is 0 Å². The Morgan fingerprint density at radius 3 is 2.62 bits per heavy atom. The molecule has 1 aliphatic rings. The monoisotopic (exact) mass is 293 g/mol. The summed E-state index contributed by atoms with van der Waals surface area (Å²) in [5, 5.41) is 6.84. The van der Waals surface area contributed by atoms with Gasteiger partial charge in [-0.1, -0.05) is 20.8 Å². The van der Waals surface area contributed by atoms with Gasteiger partial charge in [-0.05, 0) is 18.8 Å². The number of aryl methyl sites for hydroxylation is 1. The second kappa shape index (κ2) is 6.24. The molecule has 1 aromatic rings. The predicted molar refractivity (Wildman–Crippen MR) is 77.0 cm³/mol. The minimum Gasteiger partial charge on any atom is -0.343 e. The number of nitrogens with one attached hydrogen (secondary N) is 1. The fourth-order valence-corrected chi connectivity index (χ4v) is 2.59. The first-order valence-corrected chi connectivity index (χ1v) is 7.37. The van der Waals surface area contributed by atoms with Gasteiger partial charge in [0.15, 0.2) is 0 Å². The largest absolute Gasteiger partial charge is 0.343 e. The van der Waals surface area contributed by atoms with Gasteiger partial charge in [0.2, 0.25) is 11.8 Å². The maximum atomic E-state index is 12.6. The van der Waals surface area contributed by atoms with Crippen LogP contribution >= 0.6 is 0 Å². The summed E-state index contributed by atoms with van der Waals surface area (Å²) in [6.45, 7) is 6.30. The van der Waals surface area contributed by atoms with E-state index in [1.807, 2.05) is 20.8 Å². The van der Waals surface area contributed by atoms with E-state index in [1.165, 1.54) is 6.33 Å².